The van der Waals surface area contributed by atoms with E-state index in [-0.39, 0.29) is 98.5 Å². The van der Waals surface area contributed by atoms with Gasteiger partial charge in [-0.05, 0) is 183 Å². The van der Waals surface area contributed by atoms with Gasteiger partial charge < -0.3 is 117 Å². The smallest absolute Gasteiger partial charge is 0.303 e. The molecule has 684 valence electrons. The predicted octanol–water partition coefficient (Wildman–Crippen LogP) is -1.59. The molecule has 3 saturated heterocycles. The first-order valence-corrected chi connectivity index (χ1v) is 45.9. The number of thioether (sulfide) groups is 2. The summed E-state index contributed by atoms with van der Waals surface area (Å²) in [5.74, 6) is -13.3. The molecular weight excluding hydrogens is 1620 g/mol. The predicted molar refractivity (Wildman–Crippen MR) is 457 cm³/mol. The number of rotatable bonds is 22. The standard InChI is InChI=1S/C83H136N18O19S2/c1-10-15-56(90-46(6)103)73(111)99-65-42-122-40-50-19-13-18-49(32-50)39-121-41-64(69(84)108)98-71(109)44(4)89-72(110)57(16-11-2)91-76(114)60(33-47-21-25-53(104)26-22-47)94-75(113)59(29-30-66(106)107)93-74(112)58(17-12-3)92-78(116)62(35-51-37-87-70-55(51)20-14-31-86-70)96-81(119)67(45(5)102)100-79(117)63(36-52-38-85-43-88-52)95-77(115)61(34-48-23-27-54(105)28-24-48)97-82(120)68(83(7,8)9)101-80(65)118/h13,18-19,32,44-45,47-48,51-65,67-68,70,85-88,102,104-105H,10-12,14-17,20-31,33-43H2,1-9H3,(H2,84,108)(H,89,110)(H,90,103)(H,91,114)(H,92,116)(H,93,112)(H,94,113)(H,95,115)(H,96,119)(H,97,120)(H,98,109)(H,99,111)(H,100,117)(H,101,118)(H,106,107)/t44-,45+,47?,48?,51?,52?,53?,54?,55?,56-,57-,58-,59-,60-,61-,62-,63-,64-,65-,67-,68+,70?/m0/s1. The number of primary amides is 1. The second-order valence-electron chi connectivity index (χ2n) is 34.8. The number of fused-ring (bicyclic) bond motifs is 3. The number of aliphatic hydroxyl groups is 3. The molecule has 6 aliphatic rings. The number of benzene rings is 1. The van der Waals surface area contributed by atoms with E-state index in [0.717, 1.165) is 30.5 Å². The van der Waals surface area contributed by atoms with Crippen molar-refractivity contribution in [3.05, 3.63) is 35.4 Å². The number of piperidine rings is 1. The maximum Gasteiger partial charge on any atom is 0.303 e. The summed E-state index contributed by atoms with van der Waals surface area (Å²) in [5.41, 5.74) is 6.33. The number of carboxylic acids is 1. The Labute approximate surface area is 723 Å². The van der Waals surface area contributed by atoms with Crippen LogP contribution in [0.1, 0.15) is 215 Å². The van der Waals surface area contributed by atoms with Gasteiger partial charge in [-0.2, -0.15) is 23.5 Å². The van der Waals surface area contributed by atoms with Crippen LogP contribution in [0.2, 0.25) is 0 Å². The molecule has 0 spiro atoms. The van der Waals surface area contributed by atoms with E-state index in [0.29, 0.717) is 89.7 Å². The van der Waals surface area contributed by atoms with Crippen LogP contribution in [-0.2, 0) is 83.4 Å². The lowest BCUT2D eigenvalue weighted by Gasteiger charge is -2.35. The molecule has 122 heavy (non-hydrogen) atoms. The number of amides is 14. The molecule has 37 nitrogen and oxygen atoms in total. The zero-order valence-corrected chi connectivity index (χ0v) is 73.7. The summed E-state index contributed by atoms with van der Waals surface area (Å²) in [5, 5.41) is 91.6. The summed E-state index contributed by atoms with van der Waals surface area (Å²) >= 11 is 2.54. The molecule has 2 bridgehead atoms. The summed E-state index contributed by atoms with van der Waals surface area (Å²) < 4.78 is 0. The minimum Gasteiger partial charge on any atom is -0.481 e. The fraction of sp³-hybridized carbons (Fsp3) is 0.747. The number of carboxylic acid groups (broad SMARTS) is 1. The molecule has 5 fully saturated rings. The summed E-state index contributed by atoms with van der Waals surface area (Å²) in [6, 6.07) is -11.5. The third-order valence-corrected chi connectivity index (χ3v) is 25.8. The molecule has 4 aliphatic heterocycles. The van der Waals surface area contributed by atoms with Crippen molar-refractivity contribution in [1.29, 1.82) is 0 Å². The van der Waals surface area contributed by atoms with Gasteiger partial charge in [-0.25, -0.2) is 0 Å². The molecule has 1 aromatic rings. The van der Waals surface area contributed by atoms with E-state index in [1.165, 1.54) is 44.3 Å². The Morgan fingerprint density at radius 1 is 0.557 bits per heavy atom. The highest BCUT2D eigenvalue weighted by Crippen LogP contribution is 2.34. The van der Waals surface area contributed by atoms with Crippen LogP contribution in [0.4, 0.5) is 0 Å². The van der Waals surface area contributed by atoms with E-state index in [1.54, 1.807) is 40.7 Å². The van der Waals surface area contributed by atoms with E-state index >= 15 is 28.8 Å². The SMILES string of the molecule is CCC[C@H](NC(C)=O)C(=O)N[C@H]1CSCc2cccc(c2)CSC[C@@H](C(N)=O)NC(=O)[C@H](C)NC(=O)[C@H](CCC)NC(=O)[C@H](CC2CCC(O)CC2)NC(=O)[C@H](CCC(=O)O)NC(=O)[C@H](CCC)NC(=O)[C@H](CC2CNC3NCCCC23)NC(=O)[C@H]([C@@H](C)O)NC(=O)[C@H](CC2CNCN2)NC(=O)[C@H](CC2CCC(O)CC2)NC(=O)[C@H](C(C)(C)C)NC1=O. The summed E-state index contributed by atoms with van der Waals surface area (Å²) in [7, 11) is 0. The fourth-order valence-electron chi connectivity index (χ4n) is 16.6. The van der Waals surface area contributed by atoms with Crippen molar-refractivity contribution in [1.82, 2.24) is 90.4 Å². The topological polar surface area (TPSA) is 567 Å². The van der Waals surface area contributed by atoms with Gasteiger partial charge in [0, 0.05) is 55.6 Å². The van der Waals surface area contributed by atoms with E-state index < -0.39 is 210 Å². The van der Waals surface area contributed by atoms with Gasteiger partial charge in [0.05, 0.1) is 24.5 Å². The molecule has 1 aromatic carbocycles. The number of carbonyl (C=O) groups excluding carboxylic acids is 14. The van der Waals surface area contributed by atoms with Crippen LogP contribution in [0.3, 0.4) is 0 Å². The van der Waals surface area contributed by atoms with Gasteiger partial charge in [-0.3, -0.25) is 71.9 Å². The first kappa shape index (κ1) is 101. The maximum absolute atomic E-state index is 15.3. The van der Waals surface area contributed by atoms with E-state index in [2.05, 4.69) is 90.4 Å². The van der Waals surface area contributed by atoms with Crippen molar-refractivity contribution in [2.24, 2.45) is 34.8 Å². The van der Waals surface area contributed by atoms with Crippen molar-refractivity contribution >= 4 is 112 Å². The minimum atomic E-state index is -1.82. The van der Waals surface area contributed by atoms with Gasteiger partial charge in [-0.15, -0.1) is 0 Å². The van der Waals surface area contributed by atoms with E-state index in [1.807, 2.05) is 25.1 Å². The van der Waals surface area contributed by atoms with E-state index in [4.69, 9.17) is 5.73 Å². The molecule has 18 atom stereocenters. The van der Waals surface area contributed by atoms with Crippen LogP contribution in [0.25, 0.3) is 0 Å². The van der Waals surface area contributed by atoms with Crippen LogP contribution >= 0.6 is 23.5 Å². The molecule has 39 heteroatoms. The molecule has 7 rings (SSSR count). The fourth-order valence-corrected chi connectivity index (χ4v) is 18.6. The van der Waals surface area contributed by atoms with Gasteiger partial charge in [0.2, 0.25) is 82.7 Å². The number of aliphatic carboxylic acids is 1. The van der Waals surface area contributed by atoms with Crippen LogP contribution in [0, 0.1) is 29.1 Å². The molecular formula is C83H136N18O19S2. The number of hydrogen-bond donors (Lipinski definition) is 22. The number of aliphatic hydroxyl groups excluding tert-OH is 3. The van der Waals surface area contributed by atoms with Crippen LogP contribution in [0.15, 0.2) is 24.3 Å². The second-order valence-corrected chi connectivity index (χ2v) is 36.9. The largest absolute Gasteiger partial charge is 0.481 e. The van der Waals surface area contributed by atoms with Gasteiger partial charge in [0.1, 0.15) is 78.5 Å². The zero-order valence-electron chi connectivity index (χ0n) is 72.0. The number of hydrogen-bond acceptors (Lipinski definition) is 24. The summed E-state index contributed by atoms with van der Waals surface area (Å²) in [6.45, 7) is 16.0. The van der Waals surface area contributed by atoms with Gasteiger partial charge >= 0.3 is 5.97 Å². The molecule has 0 aromatic heterocycles. The molecule has 4 heterocycles. The third kappa shape index (κ3) is 32.7. The Morgan fingerprint density at radius 3 is 1.57 bits per heavy atom. The lowest BCUT2D eigenvalue weighted by Crippen LogP contribution is -2.63. The molecule has 14 amide bonds. The zero-order chi connectivity index (χ0) is 89.5. The number of carbonyl (C=O) groups is 15. The highest BCUT2D eigenvalue weighted by Gasteiger charge is 2.45. The van der Waals surface area contributed by atoms with E-state index in [9.17, 15) is 63.6 Å². The van der Waals surface area contributed by atoms with Gasteiger partial charge in [0.25, 0.3) is 0 Å². The van der Waals surface area contributed by atoms with Crippen molar-refractivity contribution < 1.29 is 92.3 Å². The highest BCUT2D eigenvalue weighted by atomic mass is 32.2. The first-order valence-electron chi connectivity index (χ1n) is 43.5. The van der Waals surface area contributed by atoms with Crippen LogP contribution in [-0.4, -0.2) is 256 Å². The molecule has 0 radical (unpaired) electrons. The Kier molecular flexibility index (Phi) is 41.3. The van der Waals surface area contributed by atoms with Crippen molar-refractivity contribution in [2.75, 3.05) is 37.8 Å². The quantitative estimate of drug-likeness (QED) is 0.0622. The van der Waals surface area contributed by atoms with Gasteiger partial charge in [-0.1, -0.05) is 85.1 Å². The molecule has 2 aliphatic carbocycles. The monoisotopic (exact) mass is 1750 g/mol. The van der Waals surface area contributed by atoms with Crippen LogP contribution in [0.5, 0.6) is 0 Å². The minimum absolute atomic E-state index is 0.00298. The number of nitrogens with two attached hydrogens (primary N) is 1. The summed E-state index contributed by atoms with van der Waals surface area (Å²) in [4.78, 5) is 216. The Morgan fingerprint density at radius 2 is 1.06 bits per heavy atom. The third-order valence-electron chi connectivity index (χ3n) is 23.6. The summed E-state index contributed by atoms with van der Waals surface area (Å²) in [6.07, 6.45) is 1.75. The van der Waals surface area contributed by atoms with Crippen molar-refractivity contribution in [3.8, 4) is 0 Å². The Balaban J connectivity index is 1.27. The highest BCUT2D eigenvalue weighted by molar-refractivity contribution is 7.98. The normalized spacial score (nSPS) is 31.4. The lowest BCUT2D eigenvalue weighted by atomic mass is 9.82. The van der Waals surface area contributed by atoms with Gasteiger partial charge in [0.15, 0.2) is 0 Å². The average molecular weight is 1750 g/mol. The van der Waals surface area contributed by atoms with Crippen LogP contribution < -0.4 is 96.1 Å². The lowest BCUT2D eigenvalue weighted by molar-refractivity contribution is -0.139. The number of nitrogens with one attached hydrogen (secondary N) is 17. The molecule has 4 unspecified atom stereocenters. The second kappa shape index (κ2) is 50.0. The molecule has 23 N–H and O–H groups in total. The Bertz CT molecular complexity index is 3710. The van der Waals surface area contributed by atoms with Crippen molar-refractivity contribution in [2.45, 2.75) is 324 Å². The maximum atomic E-state index is 15.3. The molecule has 2 saturated carbocycles. The Hall–Kier alpha value is -8.31. The van der Waals surface area contributed by atoms with Crippen molar-refractivity contribution in [3.63, 3.8) is 0 Å². The average Bonchev–Trinajstić information content (AvgIpc) is 1.33. The first-order chi connectivity index (χ1) is 57.9.